The van der Waals surface area contributed by atoms with Crippen LogP contribution in [0.1, 0.15) is 38.8 Å². The molecule has 1 N–H and O–H groups in total. The van der Waals surface area contributed by atoms with Crippen molar-refractivity contribution in [2.24, 2.45) is 0 Å². The number of piperazine rings is 1. The van der Waals surface area contributed by atoms with Crippen molar-refractivity contribution < 1.29 is 9.18 Å². The predicted octanol–water partition coefficient (Wildman–Crippen LogP) is 2.73. The van der Waals surface area contributed by atoms with Crippen LogP contribution in [-0.4, -0.2) is 30.4 Å². The molecule has 1 atom stereocenters. The Morgan fingerprint density at radius 2 is 2.00 bits per heavy atom. The number of nitrogens with zero attached hydrogens (tertiary/aromatic N) is 1. The summed E-state index contributed by atoms with van der Waals surface area (Å²) in [6.07, 6.45) is 0.538. The number of rotatable bonds is 2. The third-order valence-electron chi connectivity index (χ3n) is 3.10. The molecule has 0 aliphatic carbocycles. The van der Waals surface area contributed by atoms with Crippen molar-refractivity contribution >= 4 is 5.91 Å². The molecule has 1 fully saturated rings. The zero-order valence-electron chi connectivity index (χ0n) is 11.9. The van der Waals surface area contributed by atoms with Crippen molar-refractivity contribution in [2.75, 3.05) is 19.6 Å². The minimum Gasteiger partial charge on any atom is -0.340 e. The minimum absolute atomic E-state index is 0.111. The van der Waals surface area contributed by atoms with E-state index in [1.165, 1.54) is 12.1 Å². The number of hydrogen-bond acceptors (Lipinski definition) is 2. The fraction of sp³-hybridized carbons (Fsp3) is 0.533. The number of halogens is 1. The molecule has 1 heterocycles. The topological polar surface area (TPSA) is 32.3 Å². The van der Waals surface area contributed by atoms with E-state index in [2.05, 4.69) is 5.32 Å². The van der Waals surface area contributed by atoms with Gasteiger partial charge in [-0.1, -0.05) is 32.9 Å². The van der Waals surface area contributed by atoms with Crippen molar-refractivity contribution in [3.05, 3.63) is 35.6 Å². The van der Waals surface area contributed by atoms with Gasteiger partial charge in [0.05, 0.1) is 0 Å². The smallest absolute Gasteiger partial charge is 0.222 e. The van der Waals surface area contributed by atoms with E-state index in [1.807, 2.05) is 25.7 Å². The van der Waals surface area contributed by atoms with Gasteiger partial charge in [-0.3, -0.25) is 4.79 Å². The zero-order valence-corrected chi connectivity index (χ0v) is 11.9. The van der Waals surface area contributed by atoms with Gasteiger partial charge in [-0.25, -0.2) is 4.39 Å². The van der Waals surface area contributed by atoms with Crippen molar-refractivity contribution in [1.29, 1.82) is 0 Å². The molecule has 0 spiro atoms. The molecule has 0 bridgehead atoms. The maximum Gasteiger partial charge on any atom is 0.222 e. The van der Waals surface area contributed by atoms with Crippen LogP contribution >= 0.6 is 0 Å². The van der Waals surface area contributed by atoms with Crippen molar-refractivity contribution in [3.63, 3.8) is 0 Å². The number of carbonyl (C=O) groups excluding carboxylic acids is 1. The first-order chi connectivity index (χ1) is 9.20. The van der Waals surface area contributed by atoms with Crippen LogP contribution in [0.2, 0.25) is 0 Å². The molecule has 2 rings (SSSR count). The summed E-state index contributed by atoms with van der Waals surface area (Å²) in [6, 6.07) is 6.56. The van der Waals surface area contributed by atoms with Gasteiger partial charge >= 0.3 is 0 Å². The summed E-state index contributed by atoms with van der Waals surface area (Å²) in [6.45, 7) is 8.08. The maximum atomic E-state index is 12.8. The average molecular weight is 266 g/mol. The lowest BCUT2D eigenvalue weighted by atomic mass is 10.0. The largest absolute Gasteiger partial charge is 0.340 e. The van der Waals surface area contributed by atoms with Gasteiger partial charge in [-0.2, -0.15) is 0 Å². The van der Waals surface area contributed by atoms with Crippen LogP contribution in [0.3, 0.4) is 0 Å². The summed E-state index contributed by atoms with van der Waals surface area (Å²) in [7, 11) is 0. The minimum atomic E-state index is -0.231. The molecule has 4 heteroatoms. The van der Waals surface area contributed by atoms with Gasteiger partial charge in [0.1, 0.15) is 5.82 Å². The molecule has 3 nitrogen and oxygen atoms in total. The number of hydrogen-bond donors (Lipinski definition) is 1. The highest BCUT2D eigenvalue weighted by atomic mass is 19.1. The van der Waals surface area contributed by atoms with Crippen molar-refractivity contribution in [3.8, 4) is 0 Å². The van der Waals surface area contributed by atoms with Gasteiger partial charge in [0.25, 0.3) is 0 Å². The third kappa shape index (κ3) is 4.31. The Labute approximate surface area is 114 Å². The molecule has 1 aromatic rings. The lowest BCUT2D eigenvalue weighted by molar-refractivity contribution is -0.132. The van der Waals surface area contributed by atoms with Gasteiger partial charge in [0.2, 0.25) is 5.91 Å². The predicted molar refractivity (Wildman–Crippen MR) is 75.4 cm³/mol. The first-order valence-electron chi connectivity index (χ1n) is 6.97. The van der Waals surface area contributed by atoms with E-state index >= 15 is 0 Å². The van der Waals surface area contributed by atoms with Gasteiger partial charge in [-0.15, -0.1) is 0 Å². The molecule has 106 valence electrons. The average Bonchev–Trinajstić information content (AvgIpc) is 2.49. The third-order valence-corrected chi connectivity index (χ3v) is 3.10. The Kier molecular flexibility index (Phi) is 6.50. The number of benzene rings is 1. The van der Waals surface area contributed by atoms with Gasteiger partial charge < -0.3 is 10.2 Å². The van der Waals surface area contributed by atoms with Crippen LogP contribution in [-0.2, 0) is 4.79 Å². The number of carbonyl (C=O) groups is 1. The fourth-order valence-electron chi connectivity index (χ4n) is 2.12. The van der Waals surface area contributed by atoms with Gasteiger partial charge in [0, 0.05) is 32.1 Å². The second-order valence-corrected chi connectivity index (χ2v) is 4.25. The lowest BCUT2D eigenvalue weighted by Gasteiger charge is -2.33. The van der Waals surface area contributed by atoms with Crippen LogP contribution < -0.4 is 5.32 Å². The molecule has 19 heavy (non-hydrogen) atoms. The van der Waals surface area contributed by atoms with E-state index in [0.29, 0.717) is 13.0 Å². The molecule has 1 amide bonds. The Bertz CT molecular complexity index is 392. The summed E-state index contributed by atoms with van der Waals surface area (Å²) in [5, 5.41) is 3.35. The van der Waals surface area contributed by atoms with Crippen LogP contribution in [0.4, 0.5) is 4.39 Å². The highest BCUT2D eigenvalue weighted by Crippen LogP contribution is 2.18. The van der Waals surface area contributed by atoms with E-state index in [-0.39, 0.29) is 17.8 Å². The van der Waals surface area contributed by atoms with E-state index in [1.54, 1.807) is 12.1 Å². The van der Waals surface area contributed by atoms with E-state index < -0.39 is 0 Å². The van der Waals surface area contributed by atoms with Crippen LogP contribution in [0.5, 0.6) is 0 Å². The highest BCUT2D eigenvalue weighted by molar-refractivity contribution is 5.76. The van der Waals surface area contributed by atoms with E-state index in [4.69, 9.17) is 0 Å². The van der Waals surface area contributed by atoms with Crippen LogP contribution in [0.25, 0.3) is 0 Å². The van der Waals surface area contributed by atoms with E-state index in [9.17, 15) is 9.18 Å². The Morgan fingerprint density at radius 3 is 2.58 bits per heavy atom. The molecule has 1 saturated heterocycles. The highest BCUT2D eigenvalue weighted by Gasteiger charge is 2.23. The summed E-state index contributed by atoms with van der Waals surface area (Å²) in [5.74, 6) is -0.0512. The summed E-state index contributed by atoms with van der Waals surface area (Å²) >= 11 is 0. The Balaban J connectivity index is 0.000000861. The van der Waals surface area contributed by atoms with Crippen molar-refractivity contribution in [1.82, 2.24) is 10.2 Å². The lowest BCUT2D eigenvalue weighted by Crippen LogP contribution is -2.48. The summed E-state index contributed by atoms with van der Waals surface area (Å²) in [4.78, 5) is 13.5. The second kappa shape index (κ2) is 7.89. The molecule has 1 unspecified atom stereocenters. The zero-order chi connectivity index (χ0) is 14.3. The molecular formula is C15H23FN2O. The van der Waals surface area contributed by atoms with Crippen molar-refractivity contribution in [2.45, 2.75) is 33.2 Å². The fourth-order valence-corrected chi connectivity index (χ4v) is 2.12. The molecular weight excluding hydrogens is 243 g/mol. The molecule has 0 saturated carbocycles. The first-order valence-corrected chi connectivity index (χ1v) is 6.97. The maximum absolute atomic E-state index is 12.8. The number of amides is 1. The van der Waals surface area contributed by atoms with Crippen LogP contribution in [0.15, 0.2) is 24.3 Å². The molecule has 1 aliphatic rings. The first kappa shape index (κ1) is 15.6. The van der Waals surface area contributed by atoms with Crippen LogP contribution in [0, 0.1) is 5.82 Å². The summed E-state index contributed by atoms with van der Waals surface area (Å²) < 4.78 is 12.8. The summed E-state index contributed by atoms with van der Waals surface area (Å²) in [5.41, 5.74) is 1.03. The SMILES string of the molecule is CC.CCC(=O)N1CCNC(c2ccc(F)cc2)C1. The Hall–Kier alpha value is -1.42. The standard InChI is InChI=1S/C13H17FN2O.C2H6/c1-2-13(17)16-8-7-15-12(9-16)10-3-5-11(14)6-4-10;1-2/h3-6,12,15H,2,7-9H2,1H3;1-2H3. The molecule has 0 aromatic heterocycles. The van der Waals surface area contributed by atoms with Gasteiger partial charge in [-0.05, 0) is 17.7 Å². The molecule has 0 radical (unpaired) electrons. The molecule has 1 aliphatic heterocycles. The molecule has 1 aromatic carbocycles. The Morgan fingerprint density at radius 1 is 1.37 bits per heavy atom. The van der Waals surface area contributed by atoms with E-state index in [0.717, 1.165) is 18.7 Å². The number of nitrogens with one attached hydrogen (secondary N) is 1. The van der Waals surface area contributed by atoms with Gasteiger partial charge in [0.15, 0.2) is 0 Å². The second-order valence-electron chi connectivity index (χ2n) is 4.25. The quantitative estimate of drug-likeness (QED) is 0.892. The monoisotopic (exact) mass is 266 g/mol. The normalized spacial score (nSPS) is 18.5.